The molecule has 8 heteroatoms. The number of hydrogen-bond acceptors (Lipinski definition) is 6. The Morgan fingerprint density at radius 2 is 2.08 bits per heavy atom. The summed E-state index contributed by atoms with van der Waals surface area (Å²) >= 11 is 6.25. The lowest BCUT2D eigenvalue weighted by molar-refractivity contribution is -0.384. The molecule has 0 aliphatic carbocycles. The predicted octanol–water partition coefficient (Wildman–Crippen LogP) is 4.44. The number of benzene rings is 2. The van der Waals surface area contributed by atoms with Gasteiger partial charge in [-0.05, 0) is 18.2 Å². The van der Waals surface area contributed by atoms with Crippen molar-refractivity contribution in [1.82, 2.24) is 4.98 Å². The number of ether oxygens (including phenoxy) is 1. The Kier molecular flexibility index (Phi) is 4.61. The van der Waals surface area contributed by atoms with Crippen LogP contribution in [0.15, 0.2) is 42.6 Å². The van der Waals surface area contributed by atoms with Crippen molar-refractivity contribution in [3.8, 4) is 11.8 Å². The van der Waals surface area contributed by atoms with E-state index in [4.69, 9.17) is 16.3 Å². The maximum Gasteiger partial charge on any atom is 0.271 e. The molecule has 0 saturated carbocycles. The van der Waals surface area contributed by atoms with Gasteiger partial charge < -0.3 is 9.64 Å². The van der Waals surface area contributed by atoms with E-state index in [1.165, 1.54) is 18.3 Å². The van der Waals surface area contributed by atoms with Crippen LogP contribution in [0.4, 0.5) is 17.1 Å². The van der Waals surface area contributed by atoms with Gasteiger partial charge in [-0.15, -0.1) is 0 Å². The summed E-state index contributed by atoms with van der Waals surface area (Å²) in [6, 6.07) is 11.7. The number of methoxy groups -OCH3 is 1. The molecule has 1 aromatic heterocycles. The number of fused-ring (bicyclic) bond motifs is 1. The molecule has 0 aliphatic rings. The van der Waals surface area contributed by atoms with Gasteiger partial charge in [-0.1, -0.05) is 11.6 Å². The Labute approximate surface area is 154 Å². The van der Waals surface area contributed by atoms with E-state index >= 15 is 0 Å². The minimum atomic E-state index is -0.509. The van der Waals surface area contributed by atoms with Crippen molar-refractivity contribution in [2.24, 2.45) is 0 Å². The Bertz CT molecular complexity index is 1060. The van der Waals surface area contributed by atoms with E-state index in [0.717, 1.165) is 5.39 Å². The lowest BCUT2D eigenvalue weighted by Crippen LogP contribution is -2.13. The van der Waals surface area contributed by atoms with Crippen LogP contribution in [-0.4, -0.2) is 24.1 Å². The monoisotopic (exact) mass is 368 g/mol. The molecule has 0 atom stereocenters. The SMILES string of the molecule is COc1ccc2c(N(C)c3ccc([N+](=O)[O-])cc3Cl)c(C#N)cnc2c1. The second-order valence-electron chi connectivity index (χ2n) is 5.47. The molecule has 130 valence electrons. The molecule has 0 radical (unpaired) electrons. The number of aromatic nitrogens is 1. The van der Waals surface area contributed by atoms with Crippen LogP contribution in [0.1, 0.15) is 5.56 Å². The summed E-state index contributed by atoms with van der Waals surface area (Å²) in [5, 5.41) is 21.4. The van der Waals surface area contributed by atoms with Crippen LogP contribution >= 0.6 is 11.6 Å². The molecular formula is C18H13ClN4O3. The topological polar surface area (TPSA) is 92.3 Å². The molecule has 0 unspecified atom stereocenters. The van der Waals surface area contributed by atoms with Crippen molar-refractivity contribution in [1.29, 1.82) is 5.26 Å². The number of nitro groups is 1. The fraction of sp³-hybridized carbons (Fsp3) is 0.111. The number of hydrogen-bond donors (Lipinski definition) is 0. The summed E-state index contributed by atoms with van der Waals surface area (Å²) in [6.07, 6.45) is 1.48. The van der Waals surface area contributed by atoms with E-state index in [2.05, 4.69) is 11.1 Å². The molecule has 2 aromatic carbocycles. The van der Waals surface area contributed by atoms with E-state index in [-0.39, 0.29) is 10.7 Å². The third-order valence-electron chi connectivity index (χ3n) is 4.01. The van der Waals surface area contributed by atoms with Crippen molar-refractivity contribution in [2.45, 2.75) is 0 Å². The number of rotatable bonds is 4. The third-order valence-corrected chi connectivity index (χ3v) is 4.31. The first-order valence-electron chi connectivity index (χ1n) is 7.50. The third kappa shape index (κ3) is 2.98. The largest absolute Gasteiger partial charge is 0.497 e. The van der Waals surface area contributed by atoms with Gasteiger partial charge in [0, 0.05) is 36.8 Å². The van der Waals surface area contributed by atoms with Gasteiger partial charge in [-0.25, -0.2) is 0 Å². The summed E-state index contributed by atoms with van der Waals surface area (Å²) in [7, 11) is 3.31. The standard InChI is InChI=1S/C18H13ClN4O3/c1-22(17-6-3-12(23(24)25)7-15(17)19)18-11(9-20)10-21-16-8-13(26-2)4-5-14(16)18/h3-8,10H,1-2H3. The summed E-state index contributed by atoms with van der Waals surface area (Å²) in [5.74, 6) is 0.650. The highest BCUT2D eigenvalue weighted by molar-refractivity contribution is 6.33. The number of nitrogens with zero attached hydrogens (tertiary/aromatic N) is 4. The first-order chi connectivity index (χ1) is 12.5. The Balaban J connectivity index is 2.20. The minimum Gasteiger partial charge on any atom is -0.497 e. The van der Waals surface area contributed by atoms with Crippen LogP contribution in [0.5, 0.6) is 5.75 Å². The van der Waals surface area contributed by atoms with Crippen LogP contribution in [0.2, 0.25) is 5.02 Å². The molecule has 26 heavy (non-hydrogen) atoms. The van der Waals surface area contributed by atoms with Crippen LogP contribution < -0.4 is 9.64 Å². The fourth-order valence-electron chi connectivity index (χ4n) is 2.73. The van der Waals surface area contributed by atoms with Gasteiger partial charge in [0.15, 0.2) is 0 Å². The molecule has 1 heterocycles. The zero-order valence-corrected chi connectivity index (χ0v) is 14.7. The predicted molar refractivity (Wildman–Crippen MR) is 99.2 cm³/mol. The Hall–Kier alpha value is -3.37. The average molecular weight is 369 g/mol. The van der Waals surface area contributed by atoms with E-state index in [9.17, 15) is 15.4 Å². The number of pyridine rings is 1. The molecule has 0 N–H and O–H groups in total. The van der Waals surface area contributed by atoms with Crippen molar-refractivity contribution in [3.63, 3.8) is 0 Å². The average Bonchev–Trinajstić information content (AvgIpc) is 2.65. The molecule has 0 amide bonds. The van der Waals surface area contributed by atoms with Gasteiger partial charge in [0.05, 0.1) is 39.5 Å². The van der Waals surface area contributed by atoms with E-state index in [1.807, 2.05) is 6.07 Å². The minimum absolute atomic E-state index is 0.100. The lowest BCUT2D eigenvalue weighted by Gasteiger charge is -2.23. The highest BCUT2D eigenvalue weighted by Crippen LogP contribution is 2.38. The molecule has 3 aromatic rings. The number of anilines is 2. The van der Waals surface area contributed by atoms with Gasteiger partial charge in [0.1, 0.15) is 11.8 Å². The van der Waals surface area contributed by atoms with Crippen LogP contribution in [0.25, 0.3) is 10.9 Å². The zero-order valence-electron chi connectivity index (χ0n) is 13.9. The summed E-state index contributed by atoms with van der Waals surface area (Å²) in [5.41, 5.74) is 2.06. The maximum absolute atomic E-state index is 10.9. The van der Waals surface area contributed by atoms with Crippen molar-refractivity contribution in [2.75, 3.05) is 19.1 Å². The lowest BCUT2D eigenvalue weighted by atomic mass is 10.1. The van der Waals surface area contributed by atoms with Crippen LogP contribution in [0.3, 0.4) is 0 Å². The number of nitriles is 1. The molecule has 7 nitrogen and oxygen atoms in total. The fourth-order valence-corrected chi connectivity index (χ4v) is 3.03. The molecule has 0 fully saturated rings. The van der Waals surface area contributed by atoms with E-state index in [0.29, 0.717) is 28.2 Å². The number of nitro benzene ring substituents is 1. The second-order valence-corrected chi connectivity index (χ2v) is 5.87. The van der Waals surface area contributed by atoms with Crippen LogP contribution in [-0.2, 0) is 0 Å². The Morgan fingerprint density at radius 1 is 1.31 bits per heavy atom. The number of non-ortho nitro benzene ring substituents is 1. The van der Waals surface area contributed by atoms with Gasteiger partial charge in [0.25, 0.3) is 5.69 Å². The van der Waals surface area contributed by atoms with Crippen LogP contribution in [0, 0.1) is 21.4 Å². The first kappa shape index (κ1) is 17.5. The summed E-state index contributed by atoms with van der Waals surface area (Å²) in [6.45, 7) is 0. The molecule has 3 rings (SSSR count). The smallest absolute Gasteiger partial charge is 0.271 e. The van der Waals surface area contributed by atoms with E-state index in [1.54, 1.807) is 37.3 Å². The summed E-state index contributed by atoms with van der Waals surface area (Å²) < 4.78 is 5.21. The first-order valence-corrected chi connectivity index (χ1v) is 7.88. The summed E-state index contributed by atoms with van der Waals surface area (Å²) in [4.78, 5) is 16.4. The van der Waals surface area contributed by atoms with Gasteiger partial charge in [0.2, 0.25) is 0 Å². The second kappa shape index (κ2) is 6.86. The normalized spacial score (nSPS) is 10.4. The molecule has 0 bridgehead atoms. The van der Waals surface area contributed by atoms with Crippen molar-refractivity contribution < 1.29 is 9.66 Å². The zero-order chi connectivity index (χ0) is 18.8. The van der Waals surface area contributed by atoms with Gasteiger partial charge in [-0.3, -0.25) is 15.1 Å². The number of halogens is 1. The van der Waals surface area contributed by atoms with Gasteiger partial charge in [-0.2, -0.15) is 5.26 Å². The van der Waals surface area contributed by atoms with E-state index < -0.39 is 4.92 Å². The van der Waals surface area contributed by atoms with Gasteiger partial charge >= 0.3 is 0 Å². The van der Waals surface area contributed by atoms with Crippen molar-refractivity contribution in [3.05, 3.63) is 63.3 Å². The molecule has 0 aliphatic heterocycles. The molecule has 0 saturated heterocycles. The molecular weight excluding hydrogens is 356 g/mol. The Morgan fingerprint density at radius 3 is 2.69 bits per heavy atom. The highest BCUT2D eigenvalue weighted by Gasteiger charge is 2.19. The maximum atomic E-state index is 10.9. The quantitative estimate of drug-likeness (QED) is 0.499. The van der Waals surface area contributed by atoms with Crippen molar-refractivity contribution >= 4 is 39.6 Å². The highest BCUT2D eigenvalue weighted by atomic mass is 35.5. The molecule has 0 spiro atoms.